The summed E-state index contributed by atoms with van der Waals surface area (Å²) >= 11 is 0. The van der Waals surface area contributed by atoms with E-state index in [4.69, 9.17) is 9.47 Å². The molecule has 1 saturated heterocycles. The van der Waals surface area contributed by atoms with Gasteiger partial charge in [0.15, 0.2) is 18.4 Å². The predicted molar refractivity (Wildman–Crippen MR) is 132 cm³/mol. The lowest BCUT2D eigenvalue weighted by molar-refractivity contribution is -0.186. The molecule has 0 bridgehead atoms. The van der Waals surface area contributed by atoms with Crippen LogP contribution in [-0.4, -0.2) is 41.6 Å². The number of rotatable bonds is 7. The molecule has 0 spiro atoms. The lowest BCUT2D eigenvalue weighted by Crippen LogP contribution is -2.73. The summed E-state index contributed by atoms with van der Waals surface area (Å²) in [6.07, 6.45) is -1.24. The van der Waals surface area contributed by atoms with Crippen molar-refractivity contribution < 1.29 is 23.9 Å². The topological polar surface area (TPSA) is 84.9 Å². The number of carbonyl (C=O) groups excluding carboxylic acids is 3. The largest absolute Gasteiger partial charge is 0.448 e. The van der Waals surface area contributed by atoms with E-state index in [2.05, 4.69) is 5.32 Å². The van der Waals surface area contributed by atoms with Crippen LogP contribution in [0.25, 0.3) is 0 Å². The zero-order valence-corrected chi connectivity index (χ0v) is 19.8. The van der Waals surface area contributed by atoms with E-state index in [0.717, 1.165) is 16.7 Å². The number of benzene rings is 3. The molecule has 0 radical (unpaired) electrons. The second-order valence-electron chi connectivity index (χ2n) is 8.85. The highest BCUT2D eigenvalue weighted by Crippen LogP contribution is 2.35. The van der Waals surface area contributed by atoms with Crippen molar-refractivity contribution in [2.24, 2.45) is 0 Å². The second kappa shape index (κ2) is 10.2. The predicted octanol–water partition coefficient (Wildman–Crippen LogP) is 3.52. The van der Waals surface area contributed by atoms with Gasteiger partial charge in [-0.15, -0.1) is 0 Å². The van der Waals surface area contributed by atoms with Crippen LogP contribution in [0.5, 0.6) is 0 Å². The molecule has 7 nitrogen and oxygen atoms in total. The van der Waals surface area contributed by atoms with E-state index in [0.29, 0.717) is 5.57 Å². The lowest BCUT2D eigenvalue weighted by Gasteiger charge is -2.49. The number of amides is 2. The fourth-order valence-corrected chi connectivity index (χ4v) is 4.52. The van der Waals surface area contributed by atoms with Gasteiger partial charge in [-0.3, -0.25) is 14.5 Å². The van der Waals surface area contributed by atoms with Crippen molar-refractivity contribution in [3.05, 3.63) is 119 Å². The molecule has 5 rings (SSSR count). The van der Waals surface area contributed by atoms with Crippen molar-refractivity contribution in [2.45, 2.75) is 31.7 Å². The highest BCUT2D eigenvalue weighted by molar-refractivity contribution is 6.02. The summed E-state index contributed by atoms with van der Waals surface area (Å²) in [7, 11) is 0. The lowest BCUT2D eigenvalue weighted by atomic mass is 9.98. The molecule has 3 aromatic rings. The smallest absolute Gasteiger partial charge is 0.356 e. The maximum absolute atomic E-state index is 13.5. The van der Waals surface area contributed by atoms with Gasteiger partial charge < -0.3 is 14.8 Å². The number of carbonyl (C=O) groups is 3. The Labute approximate surface area is 209 Å². The summed E-state index contributed by atoms with van der Waals surface area (Å²) in [5.41, 5.74) is 3.25. The third kappa shape index (κ3) is 4.65. The van der Waals surface area contributed by atoms with Gasteiger partial charge >= 0.3 is 5.97 Å². The molecular weight excluding hydrogens is 456 g/mol. The van der Waals surface area contributed by atoms with Crippen LogP contribution in [0.3, 0.4) is 0 Å². The minimum Gasteiger partial charge on any atom is -0.448 e. The summed E-state index contributed by atoms with van der Waals surface area (Å²) in [6, 6.07) is 27.3. The minimum absolute atomic E-state index is 0.150. The van der Waals surface area contributed by atoms with Gasteiger partial charge in [0.1, 0.15) is 5.70 Å². The van der Waals surface area contributed by atoms with E-state index >= 15 is 0 Å². The number of ether oxygens (including phenoxy) is 2. The van der Waals surface area contributed by atoms with E-state index in [-0.39, 0.29) is 24.6 Å². The first-order valence-electron chi connectivity index (χ1n) is 11.8. The van der Waals surface area contributed by atoms with Crippen LogP contribution in [-0.2, 0) is 30.3 Å². The standard InChI is InChI=1S/C29H26N2O5/c1-19-18-35-28-24(30-23(32)17-20-11-5-2-6-12-20)27(33)31(28)25(19)29(34)36-26(21-13-7-3-8-14-21)22-15-9-4-10-16-22/h2-16,24,26,28H,17-18H2,1H3,(H,30,32). The Balaban J connectivity index is 1.32. The van der Waals surface area contributed by atoms with Crippen molar-refractivity contribution >= 4 is 17.8 Å². The fourth-order valence-electron chi connectivity index (χ4n) is 4.52. The zero-order chi connectivity index (χ0) is 25.1. The Morgan fingerprint density at radius 1 is 0.944 bits per heavy atom. The number of fused-ring (bicyclic) bond motifs is 1. The Kier molecular flexibility index (Phi) is 6.64. The van der Waals surface area contributed by atoms with Gasteiger partial charge in [0.05, 0.1) is 13.0 Å². The zero-order valence-electron chi connectivity index (χ0n) is 19.8. The van der Waals surface area contributed by atoms with Gasteiger partial charge in [-0.05, 0) is 29.2 Å². The molecule has 3 aromatic carbocycles. The van der Waals surface area contributed by atoms with E-state index in [9.17, 15) is 14.4 Å². The van der Waals surface area contributed by atoms with Crippen LogP contribution in [0.1, 0.15) is 29.7 Å². The summed E-state index contributed by atoms with van der Waals surface area (Å²) in [5.74, 6) is -1.30. The molecule has 0 aromatic heterocycles. The molecule has 2 heterocycles. The first-order valence-corrected chi connectivity index (χ1v) is 11.8. The first kappa shape index (κ1) is 23.5. The highest BCUT2D eigenvalue weighted by Gasteiger charge is 2.54. The van der Waals surface area contributed by atoms with Crippen LogP contribution in [0.15, 0.2) is 102 Å². The molecule has 2 amide bonds. The molecule has 2 atom stereocenters. The summed E-state index contributed by atoms with van der Waals surface area (Å²) in [6.45, 7) is 1.90. The fraction of sp³-hybridized carbons (Fsp3) is 0.207. The Bertz CT molecular complexity index is 1250. The summed E-state index contributed by atoms with van der Waals surface area (Å²) in [4.78, 5) is 40.3. The molecule has 2 aliphatic heterocycles. The minimum atomic E-state index is -0.851. The average Bonchev–Trinajstić information content (AvgIpc) is 2.91. The van der Waals surface area contributed by atoms with Crippen molar-refractivity contribution in [3.8, 4) is 0 Å². The molecule has 0 saturated carbocycles. The number of nitrogens with one attached hydrogen (secondary N) is 1. The van der Waals surface area contributed by atoms with E-state index in [1.54, 1.807) is 6.92 Å². The molecule has 0 aliphatic carbocycles. The van der Waals surface area contributed by atoms with Gasteiger partial charge in [0.25, 0.3) is 5.91 Å². The maximum Gasteiger partial charge on any atom is 0.356 e. The molecule has 7 heteroatoms. The van der Waals surface area contributed by atoms with Gasteiger partial charge in [0.2, 0.25) is 5.91 Å². The van der Waals surface area contributed by atoms with E-state index in [1.165, 1.54) is 4.90 Å². The molecule has 2 unspecified atom stereocenters. The van der Waals surface area contributed by atoms with Gasteiger partial charge in [-0.2, -0.15) is 0 Å². The molecule has 1 N–H and O–H groups in total. The van der Waals surface area contributed by atoms with Gasteiger partial charge in [0, 0.05) is 0 Å². The van der Waals surface area contributed by atoms with Crippen molar-refractivity contribution in [2.75, 3.05) is 6.61 Å². The summed E-state index contributed by atoms with van der Waals surface area (Å²) in [5, 5.41) is 2.75. The number of nitrogens with zero attached hydrogens (tertiary/aromatic N) is 1. The third-order valence-electron chi connectivity index (χ3n) is 6.31. The van der Waals surface area contributed by atoms with Crippen LogP contribution in [0.2, 0.25) is 0 Å². The molecule has 182 valence electrons. The molecular formula is C29H26N2O5. The third-order valence-corrected chi connectivity index (χ3v) is 6.31. The Morgan fingerprint density at radius 3 is 2.08 bits per heavy atom. The average molecular weight is 483 g/mol. The normalized spacial score (nSPS) is 18.9. The van der Waals surface area contributed by atoms with Crippen molar-refractivity contribution in [1.29, 1.82) is 0 Å². The van der Waals surface area contributed by atoms with E-state index < -0.39 is 30.3 Å². The first-order chi connectivity index (χ1) is 17.5. The second-order valence-corrected chi connectivity index (χ2v) is 8.85. The SMILES string of the molecule is CC1=C(C(=O)OC(c2ccccc2)c2ccccc2)N2C(=O)C(NC(=O)Cc3ccccc3)C2OC1. The van der Waals surface area contributed by atoms with Crippen LogP contribution >= 0.6 is 0 Å². The van der Waals surface area contributed by atoms with Crippen molar-refractivity contribution in [1.82, 2.24) is 10.2 Å². The maximum atomic E-state index is 13.5. The van der Waals surface area contributed by atoms with Crippen LogP contribution in [0, 0.1) is 0 Å². The Morgan fingerprint density at radius 2 is 1.50 bits per heavy atom. The molecule has 36 heavy (non-hydrogen) atoms. The summed E-state index contributed by atoms with van der Waals surface area (Å²) < 4.78 is 11.8. The number of β-lactam (4-membered cyclic amide) rings is 1. The van der Waals surface area contributed by atoms with Crippen LogP contribution < -0.4 is 5.32 Å². The quantitative estimate of drug-likeness (QED) is 0.412. The van der Waals surface area contributed by atoms with Gasteiger partial charge in [-0.25, -0.2) is 4.79 Å². The van der Waals surface area contributed by atoms with Crippen LogP contribution in [0.4, 0.5) is 0 Å². The van der Waals surface area contributed by atoms with Crippen molar-refractivity contribution in [3.63, 3.8) is 0 Å². The van der Waals surface area contributed by atoms with E-state index in [1.807, 2.05) is 91.0 Å². The molecule has 1 fully saturated rings. The monoisotopic (exact) mass is 482 g/mol. The molecule has 2 aliphatic rings. The Hall–Kier alpha value is -4.23. The number of hydrogen-bond donors (Lipinski definition) is 1. The highest BCUT2D eigenvalue weighted by atomic mass is 16.6. The number of hydrogen-bond acceptors (Lipinski definition) is 5. The number of esters is 1. The van der Waals surface area contributed by atoms with Gasteiger partial charge in [-0.1, -0.05) is 91.0 Å².